The molecule has 0 radical (unpaired) electrons. The average molecular weight is 367 g/mol. The first-order valence-electron chi connectivity index (χ1n) is 8.66. The first-order chi connectivity index (χ1) is 12.8. The third-order valence-electron chi connectivity index (χ3n) is 4.32. The summed E-state index contributed by atoms with van der Waals surface area (Å²) in [6, 6.07) is 7.67. The molecule has 0 aliphatic carbocycles. The maximum Gasteiger partial charge on any atom is 0.289 e. The lowest BCUT2D eigenvalue weighted by Crippen LogP contribution is -2.29. The van der Waals surface area contributed by atoms with E-state index in [1.807, 2.05) is 45.8 Å². The zero-order valence-electron chi connectivity index (χ0n) is 16.0. The highest BCUT2D eigenvalue weighted by molar-refractivity contribution is 5.96. The van der Waals surface area contributed by atoms with Crippen molar-refractivity contribution in [3.8, 4) is 0 Å². The number of hydrogen-bond acceptors (Lipinski definition) is 5. The smallest absolute Gasteiger partial charge is 0.289 e. The van der Waals surface area contributed by atoms with E-state index >= 15 is 0 Å². The molecule has 1 atom stereocenters. The van der Waals surface area contributed by atoms with Gasteiger partial charge in [0.25, 0.3) is 5.91 Å². The molecule has 0 fully saturated rings. The molecule has 1 amide bonds. The van der Waals surface area contributed by atoms with Gasteiger partial charge in [-0.1, -0.05) is 12.1 Å². The molecule has 0 aliphatic heterocycles. The standard InChI is InChI=1S/C20H22FN5O/c1-11-10-12(2)22-17-16(11)19(26(4)5)25-18(24-17)20(27)23-13(3)14-6-8-15(21)9-7-14/h6-10,13H,1-5H3,(H,23,27). The molecule has 0 bridgehead atoms. The number of benzene rings is 1. The molecule has 3 aromatic rings. The summed E-state index contributed by atoms with van der Waals surface area (Å²) in [6.07, 6.45) is 0. The number of aromatic nitrogens is 3. The van der Waals surface area contributed by atoms with E-state index in [2.05, 4.69) is 20.3 Å². The van der Waals surface area contributed by atoms with Crippen molar-refractivity contribution in [3.05, 3.63) is 58.8 Å². The molecule has 6 nitrogen and oxygen atoms in total. The van der Waals surface area contributed by atoms with Crippen LogP contribution in [-0.4, -0.2) is 35.0 Å². The predicted octanol–water partition coefficient (Wildman–Crippen LogP) is 3.34. The summed E-state index contributed by atoms with van der Waals surface area (Å²) in [7, 11) is 3.73. The van der Waals surface area contributed by atoms with Crippen molar-refractivity contribution in [1.82, 2.24) is 20.3 Å². The number of carbonyl (C=O) groups excluding carboxylic acids is 1. The van der Waals surface area contributed by atoms with E-state index in [4.69, 9.17) is 0 Å². The summed E-state index contributed by atoms with van der Waals surface area (Å²) in [6.45, 7) is 5.69. The van der Waals surface area contributed by atoms with Crippen molar-refractivity contribution < 1.29 is 9.18 Å². The van der Waals surface area contributed by atoms with Crippen LogP contribution in [0.5, 0.6) is 0 Å². The Morgan fingerprint density at radius 1 is 1.11 bits per heavy atom. The Morgan fingerprint density at radius 2 is 1.78 bits per heavy atom. The highest BCUT2D eigenvalue weighted by Crippen LogP contribution is 2.25. The number of nitrogens with one attached hydrogen (secondary N) is 1. The van der Waals surface area contributed by atoms with Crippen LogP contribution in [0.1, 0.15) is 40.4 Å². The van der Waals surface area contributed by atoms with E-state index in [1.54, 1.807) is 12.1 Å². The molecular weight excluding hydrogens is 345 g/mol. The van der Waals surface area contributed by atoms with Gasteiger partial charge in [0, 0.05) is 19.8 Å². The molecule has 7 heteroatoms. The van der Waals surface area contributed by atoms with E-state index < -0.39 is 5.91 Å². The lowest BCUT2D eigenvalue weighted by Gasteiger charge is -2.18. The van der Waals surface area contributed by atoms with Crippen molar-refractivity contribution >= 4 is 22.8 Å². The van der Waals surface area contributed by atoms with Crippen LogP contribution in [0.4, 0.5) is 10.2 Å². The molecule has 1 N–H and O–H groups in total. The Kier molecular flexibility index (Phi) is 5.03. The first kappa shape index (κ1) is 18.7. The highest BCUT2D eigenvalue weighted by Gasteiger charge is 2.19. The van der Waals surface area contributed by atoms with Crippen LogP contribution in [-0.2, 0) is 0 Å². The molecular formula is C20H22FN5O. The topological polar surface area (TPSA) is 71.0 Å². The maximum atomic E-state index is 13.1. The van der Waals surface area contributed by atoms with Crippen molar-refractivity contribution in [2.75, 3.05) is 19.0 Å². The Morgan fingerprint density at radius 3 is 2.41 bits per heavy atom. The number of nitrogens with zero attached hydrogens (tertiary/aromatic N) is 4. The minimum atomic E-state index is -0.405. The molecule has 1 aromatic carbocycles. The molecule has 140 valence electrons. The largest absolute Gasteiger partial charge is 0.362 e. The van der Waals surface area contributed by atoms with E-state index in [0.29, 0.717) is 11.5 Å². The van der Waals surface area contributed by atoms with Crippen molar-refractivity contribution in [2.45, 2.75) is 26.8 Å². The Labute approximate surface area is 157 Å². The number of rotatable bonds is 4. The normalized spacial score (nSPS) is 12.1. The number of hydrogen-bond donors (Lipinski definition) is 1. The van der Waals surface area contributed by atoms with Crippen molar-refractivity contribution in [3.63, 3.8) is 0 Å². The van der Waals surface area contributed by atoms with Gasteiger partial charge >= 0.3 is 0 Å². The highest BCUT2D eigenvalue weighted by atomic mass is 19.1. The average Bonchev–Trinajstić information content (AvgIpc) is 2.60. The summed E-state index contributed by atoms with van der Waals surface area (Å²) in [5, 5.41) is 3.69. The number of fused-ring (bicyclic) bond motifs is 1. The van der Waals surface area contributed by atoms with Gasteiger partial charge in [0.15, 0.2) is 5.65 Å². The third-order valence-corrected chi connectivity index (χ3v) is 4.32. The van der Waals surface area contributed by atoms with E-state index in [-0.39, 0.29) is 17.7 Å². The molecule has 1 unspecified atom stereocenters. The second-order valence-corrected chi connectivity index (χ2v) is 6.79. The summed E-state index contributed by atoms with van der Waals surface area (Å²) >= 11 is 0. The maximum absolute atomic E-state index is 13.1. The van der Waals surface area contributed by atoms with E-state index in [9.17, 15) is 9.18 Å². The Balaban J connectivity index is 1.98. The molecule has 0 saturated heterocycles. The number of anilines is 1. The lowest BCUT2D eigenvalue weighted by atomic mass is 10.1. The van der Waals surface area contributed by atoms with Gasteiger partial charge in [-0.3, -0.25) is 4.79 Å². The van der Waals surface area contributed by atoms with Gasteiger partial charge in [0.2, 0.25) is 5.82 Å². The van der Waals surface area contributed by atoms with Gasteiger partial charge in [-0.05, 0) is 50.1 Å². The molecule has 0 aliphatic rings. The summed E-state index contributed by atoms with van der Waals surface area (Å²) in [5.74, 6) is -0.0254. The molecule has 27 heavy (non-hydrogen) atoms. The van der Waals surface area contributed by atoms with Gasteiger partial charge < -0.3 is 10.2 Å². The van der Waals surface area contributed by atoms with Gasteiger partial charge in [0.05, 0.1) is 11.4 Å². The Hall–Kier alpha value is -3.09. The Bertz CT molecular complexity index is 1000. The van der Waals surface area contributed by atoms with Crippen LogP contribution in [0.25, 0.3) is 11.0 Å². The van der Waals surface area contributed by atoms with Crippen LogP contribution in [0.15, 0.2) is 30.3 Å². The van der Waals surface area contributed by atoms with Gasteiger partial charge in [-0.15, -0.1) is 0 Å². The second-order valence-electron chi connectivity index (χ2n) is 6.79. The number of halogens is 1. The lowest BCUT2D eigenvalue weighted by molar-refractivity contribution is 0.0929. The molecule has 0 spiro atoms. The number of pyridine rings is 1. The second kappa shape index (κ2) is 7.26. The molecule has 2 aromatic heterocycles. The number of carbonyl (C=O) groups is 1. The van der Waals surface area contributed by atoms with Gasteiger partial charge in [-0.25, -0.2) is 19.3 Å². The molecule has 0 saturated carbocycles. The zero-order valence-corrected chi connectivity index (χ0v) is 16.0. The van der Waals surface area contributed by atoms with E-state index in [1.165, 1.54) is 12.1 Å². The fourth-order valence-corrected chi connectivity index (χ4v) is 2.98. The monoisotopic (exact) mass is 367 g/mol. The van der Waals surface area contributed by atoms with Gasteiger partial charge in [-0.2, -0.15) is 0 Å². The minimum Gasteiger partial charge on any atom is -0.362 e. The molecule has 2 heterocycles. The number of aryl methyl sites for hydroxylation is 2. The number of amides is 1. The van der Waals surface area contributed by atoms with Crippen LogP contribution in [0, 0.1) is 19.7 Å². The quantitative estimate of drug-likeness (QED) is 0.766. The van der Waals surface area contributed by atoms with Crippen LogP contribution >= 0.6 is 0 Å². The van der Waals surface area contributed by atoms with E-state index in [0.717, 1.165) is 22.2 Å². The van der Waals surface area contributed by atoms with Crippen LogP contribution in [0.2, 0.25) is 0 Å². The first-order valence-corrected chi connectivity index (χ1v) is 8.66. The van der Waals surface area contributed by atoms with Crippen molar-refractivity contribution in [1.29, 1.82) is 0 Å². The third kappa shape index (κ3) is 3.86. The summed E-state index contributed by atoms with van der Waals surface area (Å²) in [4.78, 5) is 27.9. The van der Waals surface area contributed by atoms with Gasteiger partial charge in [0.1, 0.15) is 11.6 Å². The van der Waals surface area contributed by atoms with Crippen LogP contribution < -0.4 is 10.2 Å². The molecule has 3 rings (SSSR count). The zero-order chi connectivity index (χ0) is 19.7. The predicted molar refractivity (Wildman–Crippen MR) is 103 cm³/mol. The minimum absolute atomic E-state index is 0.0534. The van der Waals surface area contributed by atoms with Crippen LogP contribution in [0.3, 0.4) is 0 Å². The summed E-state index contributed by atoms with van der Waals surface area (Å²) < 4.78 is 13.1. The fourth-order valence-electron chi connectivity index (χ4n) is 2.98. The van der Waals surface area contributed by atoms with Crippen molar-refractivity contribution in [2.24, 2.45) is 0 Å². The summed E-state index contributed by atoms with van der Waals surface area (Å²) in [5.41, 5.74) is 3.12. The fraction of sp³-hybridized carbons (Fsp3) is 0.300. The SMILES string of the molecule is Cc1cc(C)c2c(N(C)C)nc(C(=O)NC(C)c3ccc(F)cc3)nc2n1.